The Morgan fingerprint density at radius 3 is 2.28 bits per heavy atom. The minimum absolute atomic E-state index is 0.0745. The molecule has 3 aliphatic rings. The average molecular weight is 476 g/mol. The Bertz CT molecular complexity index is 1110. The lowest BCUT2D eigenvalue weighted by Gasteiger charge is -2.45. The van der Waals surface area contributed by atoms with Crippen molar-refractivity contribution in [2.45, 2.75) is 68.0 Å². The summed E-state index contributed by atoms with van der Waals surface area (Å²) in [5.74, 6) is -0.0745. The number of benzene rings is 2. The van der Waals surface area contributed by atoms with Crippen LogP contribution in [0.15, 0.2) is 41.3 Å². The van der Waals surface area contributed by atoms with Gasteiger partial charge in [0.2, 0.25) is 15.9 Å². The SMILES string of the molecule is O=C1[C@@H](NS(=O)(=O)c2ccc3cc(Cl)ccc3c2)CCCN1C1CCN(C2CCC2)CC1. The van der Waals surface area contributed by atoms with E-state index in [0.29, 0.717) is 11.4 Å². The van der Waals surface area contributed by atoms with E-state index in [9.17, 15) is 13.2 Å². The Kier molecular flexibility index (Phi) is 6.18. The first-order chi connectivity index (χ1) is 15.4. The number of fused-ring (bicyclic) bond motifs is 1. The summed E-state index contributed by atoms with van der Waals surface area (Å²) in [6.07, 6.45) is 7.26. The first-order valence-corrected chi connectivity index (χ1v) is 13.5. The van der Waals surface area contributed by atoms with Gasteiger partial charge in [-0.1, -0.05) is 30.2 Å². The number of hydrogen-bond acceptors (Lipinski definition) is 4. The lowest BCUT2D eigenvalue weighted by atomic mass is 9.89. The van der Waals surface area contributed by atoms with Gasteiger partial charge in [0.1, 0.15) is 6.04 Å². The highest BCUT2D eigenvalue weighted by molar-refractivity contribution is 7.89. The van der Waals surface area contributed by atoms with Crippen molar-refractivity contribution in [2.75, 3.05) is 19.6 Å². The smallest absolute Gasteiger partial charge is 0.241 e. The number of nitrogens with one attached hydrogen (secondary N) is 1. The molecule has 2 aromatic carbocycles. The summed E-state index contributed by atoms with van der Waals surface area (Å²) in [5, 5.41) is 2.29. The maximum absolute atomic E-state index is 13.2. The van der Waals surface area contributed by atoms with Gasteiger partial charge >= 0.3 is 0 Å². The number of hydrogen-bond donors (Lipinski definition) is 1. The molecule has 0 aromatic heterocycles. The van der Waals surface area contributed by atoms with Crippen molar-refractivity contribution in [3.8, 4) is 0 Å². The van der Waals surface area contributed by atoms with E-state index in [-0.39, 0.29) is 16.8 Å². The maximum Gasteiger partial charge on any atom is 0.241 e. The topological polar surface area (TPSA) is 69.7 Å². The Hall–Kier alpha value is -1.67. The van der Waals surface area contributed by atoms with Gasteiger partial charge in [0, 0.05) is 36.7 Å². The molecule has 0 radical (unpaired) electrons. The normalized spacial score (nSPS) is 24.1. The van der Waals surface area contributed by atoms with Crippen molar-refractivity contribution in [2.24, 2.45) is 0 Å². The molecule has 1 aliphatic carbocycles. The zero-order valence-electron chi connectivity index (χ0n) is 18.2. The zero-order valence-corrected chi connectivity index (χ0v) is 19.7. The molecule has 1 amide bonds. The Morgan fingerprint density at radius 1 is 0.844 bits per heavy atom. The molecule has 1 saturated carbocycles. The van der Waals surface area contributed by atoms with Crippen LogP contribution < -0.4 is 4.72 Å². The molecule has 0 bridgehead atoms. The van der Waals surface area contributed by atoms with Gasteiger partial charge in [-0.3, -0.25) is 4.79 Å². The number of halogens is 1. The molecule has 5 rings (SSSR count). The summed E-state index contributed by atoms with van der Waals surface area (Å²) in [7, 11) is -3.80. The molecular formula is C24H30ClN3O3S. The number of carbonyl (C=O) groups excluding carboxylic acids is 1. The summed E-state index contributed by atoms with van der Waals surface area (Å²) in [5.41, 5.74) is 0. The molecule has 0 spiro atoms. The van der Waals surface area contributed by atoms with E-state index in [1.54, 1.807) is 36.4 Å². The van der Waals surface area contributed by atoms with Crippen LogP contribution in [0.5, 0.6) is 0 Å². The molecule has 3 fully saturated rings. The summed E-state index contributed by atoms with van der Waals surface area (Å²) in [4.78, 5) is 17.9. The second kappa shape index (κ2) is 8.93. The highest BCUT2D eigenvalue weighted by Gasteiger charge is 2.38. The molecule has 0 unspecified atom stereocenters. The second-order valence-corrected chi connectivity index (χ2v) is 11.5. The van der Waals surface area contributed by atoms with Gasteiger partial charge in [0.15, 0.2) is 0 Å². The standard InChI is InChI=1S/C24H30ClN3O3S/c25-19-8-6-18-16-22(9-7-17(18)15-19)32(30,31)26-23-5-2-12-28(24(23)29)21-10-13-27(14-11-21)20-3-1-4-20/h6-9,15-16,20-21,23,26H,1-5,10-14H2/t23-/m0/s1. The second-order valence-electron chi connectivity index (χ2n) is 9.35. The molecule has 32 heavy (non-hydrogen) atoms. The van der Waals surface area contributed by atoms with Crippen molar-refractivity contribution in [3.05, 3.63) is 41.4 Å². The number of amides is 1. The maximum atomic E-state index is 13.2. The minimum Gasteiger partial charge on any atom is -0.338 e. The van der Waals surface area contributed by atoms with Crippen LogP contribution in [0.1, 0.15) is 44.9 Å². The van der Waals surface area contributed by atoms with Crippen LogP contribution in [0.2, 0.25) is 5.02 Å². The quantitative estimate of drug-likeness (QED) is 0.714. The largest absolute Gasteiger partial charge is 0.338 e. The molecule has 6 nitrogen and oxygen atoms in total. The first kappa shape index (κ1) is 22.1. The van der Waals surface area contributed by atoms with Crippen LogP contribution in [0.3, 0.4) is 0 Å². The van der Waals surface area contributed by atoms with Crippen LogP contribution in [-0.2, 0) is 14.8 Å². The number of carbonyl (C=O) groups is 1. The molecule has 8 heteroatoms. The van der Waals surface area contributed by atoms with E-state index < -0.39 is 16.1 Å². The third-order valence-corrected chi connectivity index (χ3v) is 9.09. The molecule has 2 saturated heterocycles. The van der Waals surface area contributed by atoms with Crippen molar-refractivity contribution in [1.29, 1.82) is 0 Å². The van der Waals surface area contributed by atoms with E-state index in [0.717, 1.165) is 55.7 Å². The van der Waals surface area contributed by atoms with Gasteiger partial charge in [0.25, 0.3) is 0 Å². The van der Waals surface area contributed by atoms with Crippen LogP contribution in [-0.4, -0.2) is 61.9 Å². The van der Waals surface area contributed by atoms with Crippen LogP contribution in [0.25, 0.3) is 10.8 Å². The molecule has 2 aromatic rings. The van der Waals surface area contributed by atoms with Crippen molar-refractivity contribution < 1.29 is 13.2 Å². The van der Waals surface area contributed by atoms with E-state index in [4.69, 9.17) is 11.6 Å². The van der Waals surface area contributed by atoms with Crippen molar-refractivity contribution >= 4 is 38.3 Å². The lowest BCUT2D eigenvalue weighted by molar-refractivity contribution is -0.139. The fourth-order valence-electron chi connectivity index (χ4n) is 5.30. The predicted octanol–water partition coefficient (Wildman–Crippen LogP) is 3.78. The number of likely N-dealkylation sites (tertiary alicyclic amines) is 2. The Morgan fingerprint density at radius 2 is 1.56 bits per heavy atom. The Labute approximate surface area is 194 Å². The van der Waals surface area contributed by atoms with Gasteiger partial charge in [0.05, 0.1) is 4.90 Å². The van der Waals surface area contributed by atoms with Crippen LogP contribution in [0, 0.1) is 0 Å². The summed E-state index contributed by atoms with van der Waals surface area (Å²) < 4.78 is 28.9. The fraction of sp³-hybridized carbons (Fsp3) is 0.542. The van der Waals surface area contributed by atoms with Crippen molar-refractivity contribution in [3.63, 3.8) is 0 Å². The first-order valence-electron chi connectivity index (χ1n) is 11.7. The third kappa shape index (κ3) is 4.40. The molecule has 1 atom stereocenters. The van der Waals surface area contributed by atoms with Crippen LogP contribution >= 0.6 is 11.6 Å². The average Bonchev–Trinajstić information content (AvgIpc) is 2.74. The predicted molar refractivity (Wildman–Crippen MR) is 126 cm³/mol. The van der Waals surface area contributed by atoms with E-state index in [1.165, 1.54) is 19.3 Å². The lowest BCUT2D eigenvalue weighted by Crippen LogP contribution is -2.58. The van der Waals surface area contributed by atoms with Gasteiger partial charge in [-0.05, 0) is 73.6 Å². The van der Waals surface area contributed by atoms with E-state index in [1.807, 2.05) is 4.90 Å². The zero-order chi connectivity index (χ0) is 22.3. The monoisotopic (exact) mass is 475 g/mol. The highest BCUT2D eigenvalue weighted by Crippen LogP contribution is 2.30. The van der Waals surface area contributed by atoms with Gasteiger partial charge in [-0.25, -0.2) is 8.42 Å². The molecule has 1 N–H and O–H groups in total. The number of sulfonamides is 1. The molecule has 2 aliphatic heterocycles. The number of piperidine rings is 2. The summed E-state index contributed by atoms with van der Waals surface area (Å²) in [6.45, 7) is 2.80. The number of rotatable bonds is 5. The molecule has 2 heterocycles. The summed E-state index contributed by atoms with van der Waals surface area (Å²) >= 11 is 6.03. The van der Waals surface area contributed by atoms with Crippen molar-refractivity contribution in [1.82, 2.24) is 14.5 Å². The Balaban J connectivity index is 1.26. The third-order valence-electron chi connectivity index (χ3n) is 7.39. The van der Waals surface area contributed by atoms with Gasteiger partial charge in [-0.15, -0.1) is 0 Å². The van der Waals surface area contributed by atoms with Crippen LogP contribution in [0.4, 0.5) is 0 Å². The summed E-state index contributed by atoms with van der Waals surface area (Å²) in [6, 6.07) is 10.6. The highest BCUT2D eigenvalue weighted by atomic mass is 35.5. The van der Waals surface area contributed by atoms with Gasteiger partial charge < -0.3 is 9.80 Å². The van der Waals surface area contributed by atoms with E-state index in [2.05, 4.69) is 9.62 Å². The molecular weight excluding hydrogens is 446 g/mol. The van der Waals surface area contributed by atoms with Gasteiger partial charge in [-0.2, -0.15) is 4.72 Å². The fourth-order valence-corrected chi connectivity index (χ4v) is 6.74. The minimum atomic E-state index is -3.80. The van der Waals surface area contributed by atoms with E-state index >= 15 is 0 Å². The molecule has 172 valence electrons. The number of nitrogens with zero attached hydrogens (tertiary/aromatic N) is 2.